The van der Waals surface area contributed by atoms with Crippen molar-refractivity contribution in [3.63, 3.8) is 0 Å². The molecule has 0 saturated carbocycles. The lowest BCUT2D eigenvalue weighted by molar-refractivity contribution is -0.122. The number of pyridine rings is 1. The van der Waals surface area contributed by atoms with Gasteiger partial charge in [0.25, 0.3) is 0 Å². The van der Waals surface area contributed by atoms with Gasteiger partial charge in [0.15, 0.2) is 5.65 Å². The van der Waals surface area contributed by atoms with E-state index in [2.05, 4.69) is 41.6 Å². The molecule has 1 fully saturated rings. The summed E-state index contributed by atoms with van der Waals surface area (Å²) in [5.74, 6) is 1.57. The van der Waals surface area contributed by atoms with Crippen LogP contribution in [0.15, 0.2) is 41.2 Å². The van der Waals surface area contributed by atoms with Gasteiger partial charge in [-0.1, -0.05) is 6.07 Å². The molecule has 0 bridgehead atoms. The van der Waals surface area contributed by atoms with Gasteiger partial charge in [0.05, 0.1) is 6.54 Å². The Bertz CT molecular complexity index is 852. The SMILES string of the molecule is O=C(CN1CCC(c2nnc3ccccn23)CC1)NCCc1ccsc1. The van der Waals surface area contributed by atoms with E-state index in [1.54, 1.807) is 11.3 Å². The molecule has 26 heavy (non-hydrogen) atoms. The predicted molar refractivity (Wildman–Crippen MR) is 102 cm³/mol. The number of thiophene rings is 1. The van der Waals surface area contributed by atoms with E-state index < -0.39 is 0 Å². The number of amides is 1. The molecule has 136 valence electrons. The third-order valence-corrected chi connectivity index (χ3v) is 5.71. The molecule has 0 aromatic carbocycles. The molecule has 0 aliphatic carbocycles. The van der Waals surface area contributed by atoms with Gasteiger partial charge in [-0.2, -0.15) is 11.3 Å². The van der Waals surface area contributed by atoms with E-state index >= 15 is 0 Å². The van der Waals surface area contributed by atoms with Crippen LogP contribution in [-0.4, -0.2) is 51.6 Å². The van der Waals surface area contributed by atoms with Gasteiger partial charge < -0.3 is 5.32 Å². The number of likely N-dealkylation sites (tertiary alicyclic amines) is 1. The van der Waals surface area contributed by atoms with Crippen molar-refractivity contribution in [2.24, 2.45) is 0 Å². The smallest absolute Gasteiger partial charge is 0.234 e. The van der Waals surface area contributed by atoms with Gasteiger partial charge in [0.2, 0.25) is 5.91 Å². The molecule has 1 amide bonds. The molecule has 1 aliphatic heterocycles. The summed E-state index contributed by atoms with van der Waals surface area (Å²) in [4.78, 5) is 14.4. The number of aromatic nitrogens is 3. The van der Waals surface area contributed by atoms with Crippen molar-refractivity contribution in [3.8, 4) is 0 Å². The highest BCUT2D eigenvalue weighted by Crippen LogP contribution is 2.26. The monoisotopic (exact) mass is 369 g/mol. The summed E-state index contributed by atoms with van der Waals surface area (Å²) in [6.07, 6.45) is 4.95. The molecule has 6 nitrogen and oxygen atoms in total. The second-order valence-electron chi connectivity index (χ2n) is 6.77. The minimum atomic E-state index is 0.117. The lowest BCUT2D eigenvalue weighted by Gasteiger charge is -2.30. The van der Waals surface area contributed by atoms with E-state index in [9.17, 15) is 4.79 Å². The number of hydrogen-bond donors (Lipinski definition) is 1. The maximum absolute atomic E-state index is 12.1. The second kappa shape index (κ2) is 7.97. The van der Waals surface area contributed by atoms with Crippen molar-refractivity contribution in [2.45, 2.75) is 25.2 Å². The molecule has 7 heteroatoms. The van der Waals surface area contributed by atoms with Gasteiger partial charge in [0.1, 0.15) is 5.82 Å². The molecule has 1 saturated heterocycles. The number of fused-ring (bicyclic) bond motifs is 1. The van der Waals surface area contributed by atoms with Gasteiger partial charge in [-0.25, -0.2) is 0 Å². The second-order valence-corrected chi connectivity index (χ2v) is 7.55. The number of nitrogens with one attached hydrogen (secondary N) is 1. The average Bonchev–Trinajstić information content (AvgIpc) is 3.32. The van der Waals surface area contributed by atoms with Crippen molar-refractivity contribution in [1.29, 1.82) is 0 Å². The van der Waals surface area contributed by atoms with Crippen molar-refractivity contribution < 1.29 is 4.79 Å². The fourth-order valence-corrected chi connectivity index (χ4v) is 4.23. The quantitative estimate of drug-likeness (QED) is 0.724. The minimum Gasteiger partial charge on any atom is -0.355 e. The first-order valence-electron chi connectivity index (χ1n) is 9.09. The molecular formula is C19H23N5OS. The van der Waals surface area contributed by atoms with Crippen LogP contribution >= 0.6 is 11.3 Å². The van der Waals surface area contributed by atoms with E-state index in [1.807, 2.05) is 24.4 Å². The van der Waals surface area contributed by atoms with Crippen LogP contribution < -0.4 is 5.32 Å². The summed E-state index contributed by atoms with van der Waals surface area (Å²) in [6, 6.07) is 8.07. The normalized spacial score (nSPS) is 16.2. The Hall–Kier alpha value is -2.25. The zero-order chi connectivity index (χ0) is 17.8. The van der Waals surface area contributed by atoms with Crippen LogP contribution in [0.25, 0.3) is 5.65 Å². The molecule has 0 atom stereocenters. The van der Waals surface area contributed by atoms with Crippen molar-refractivity contribution in [2.75, 3.05) is 26.2 Å². The summed E-state index contributed by atoms with van der Waals surface area (Å²) in [7, 11) is 0. The third kappa shape index (κ3) is 3.94. The summed E-state index contributed by atoms with van der Waals surface area (Å²) in [6.45, 7) is 3.03. The van der Waals surface area contributed by atoms with Crippen LogP contribution in [0.4, 0.5) is 0 Å². The Morgan fingerprint density at radius 1 is 1.23 bits per heavy atom. The fourth-order valence-electron chi connectivity index (χ4n) is 3.53. The number of carbonyl (C=O) groups excluding carboxylic acids is 1. The molecule has 3 aromatic rings. The molecule has 1 aliphatic rings. The van der Waals surface area contributed by atoms with Gasteiger partial charge in [-0.05, 0) is 66.9 Å². The summed E-state index contributed by atoms with van der Waals surface area (Å²) < 4.78 is 2.08. The van der Waals surface area contributed by atoms with Crippen LogP contribution in [0.1, 0.15) is 30.1 Å². The molecule has 1 N–H and O–H groups in total. The topological polar surface area (TPSA) is 62.5 Å². The van der Waals surface area contributed by atoms with Crippen LogP contribution in [0.2, 0.25) is 0 Å². The average molecular weight is 369 g/mol. The highest BCUT2D eigenvalue weighted by Gasteiger charge is 2.25. The molecule has 0 spiro atoms. The number of hydrogen-bond acceptors (Lipinski definition) is 5. The molecule has 3 aromatic heterocycles. The maximum atomic E-state index is 12.1. The van der Waals surface area contributed by atoms with Crippen LogP contribution in [0.3, 0.4) is 0 Å². The zero-order valence-electron chi connectivity index (χ0n) is 14.7. The summed E-state index contributed by atoms with van der Waals surface area (Å²) >= 11 is 1.69. The van der Waals surface area contributed by atoms with Crippen molar-refractivity contribution >= 4 is 22.9 Å². The zero-order valence-corrected chi connectivity index (χ0v) is 15.5. The Morgan fingerprint density at radius 3 is 2.92 bits per heavy atom. The van der Waals surface area contributed by atoms with Crippen molar-refractivity contribution in [1.82, 2.24) is 24.8 Å². The van der Waals surface area contributed by atoms with E-state index in [-0.39, 0.29) is 5.91 Å². The van der Waals surface area contributed by atoms with Crippen LogP contribution in [0, 0.1) is 0 Å². The predicted octanol–water partition coefficient (Wildman–Crippen LogP) is 2.33. The first kappa shape index (κ1) is 17.2. The highest BCUT2D eigenvalue weighted by molar-refractivity contribution is 7.07. The largest absolute Gasteiger partial charge is 0.355 e. The van der Waals surface area contributed by atoms with Gasteiger partial charge in [-0.3, -0.25) is 14.1 Å². The Labute approximate surface area is 156 Å². The Kier molecular flexibility index (Phi) is 5.26. The number of carbonyl (C=O) groups is 1. The number of nitrogens with zero attached hydrogens (tertiary/aromatic N) is 4. The van der Waals surface area contributed by atoms with Gasteiger partial charge in [0, 0.05) is 18.7 Å². The first-order chi connectivity index (χ1) is 12.8. The van der Waals surface area contributed by atoms with Gasteiger partial charge in [-0.15, -0.1) is 10.2 Å². The van der Waals surface area contributed by atoms with Crippen LogP contribution in [-0.2, 0) is 11.2 Å². The molecule has 4 heterocycles. The molecule has 4 rings (SSSR count). The van der Waals surface area contributed by atoms with Crippen molar-refractivity contribution in [3.05, 3.63) is 52.6 Å². The lowest BCUT2D eigenvalue weighted by Crippen LogP contribution is -2.41. The standard InChI is InChI=1S/C19H23N5OS/c25-18(20-8-4-15-7-12-26-14-15)13-23-10-5-16(6-11-23)19-22-21-17-3-1-2-9-24(17)19/h1-3,7,9,12,14,16H,4-6,8,10-11,13H2,(H,20,25). The molecule has 0 unspecified atom stereocenters. The van der Waals surface area contributed by atoms with Gasteiger partial charge >= 0.3 is 0 Å². The number of piperidine rings is 1. The Balaban J connectivity index is 1.24. The summed E-state index contributed by atoms with van der Waals surface area (Å²) in [5.41, 5.74) is 2.19. The van der Waals surface area contributed by atoms with E-state index in [0.717, 1.165) is 43.8 Å². The Morgan fingerprint density at radius 2 is 2.12 bits per heavy atom. The third-order valence-electron chi connectivity index (χ3n) is 4.98. The fraction of sp³-hybridized carbons (Fsp3) is 0.421. The first-order valence-corrected chi connectivity index (χ1v) is 10.0. The van der Waals surface area contributed by atoms with E-state index in [4.69, 9.17) is 0 Å². The van der Waals surface area contributed by atoms with Crippen LogP contribution in [0.5, 0.6) is 0 Å². The molecule has 0 radical (unpaired) electrons. The van der Waals surface area contributed by atoms with E-state index in [0.29, 0.717) is 19.0 Å². The lowest BCUT2D eigenvalue weighted by atomic mass is 9.96. The highest BCUT2D eigenvalue weighted by atomic mass is 32.1. The van der Waals surface area contributed by atoms with E-state index in [1.165, 1.54) is 5.56 Å². The minimum absolute atomic E-state index is 0.117. The maximum Gasteiger partial charge on any atom is 0.234 e. The summed E-state index contributed by atoms with van der Waals surface area (Å²) in [5, 5.41) is 15.9. The molecular weight excluding hydrogens is 346 g/mol. The number of rotatable bonds is 6.